The number of carbonyl (C=O) groups excluding carboxylic acids is 2. The lowest BCUT2D eigenvalue weighted by Gasteiger charge is -2.44. The number of carbonyl (C=O) groups is 2. The fraction of sp³-hybridized carbons (Fsp3) is 0.692. The van der Waals surface area contributed by atoms with Gasteiger partial charge in [-0.2, -0.15) is 0 Å². The van der Waals surface area contributed by atoms with Crippen LogP contribution in [-0.4, -0.2) is 34.6 Å². The molecule has 0 aromatic carbocycles. The average molecular weight is 251 g/mol. The third-order valence-corrected chi connectivity index (χ3v) is 5.15. The van der Waals surface area contributed by atoms with Gasteiger partial charge < -0.3 is 4.90 Å². The van der Waals surface area contributed by atoms with E-state index in [1.54, 1.807) is 11.8 Å². The van der Waals surface area contributed by atoms with Gasteiger partial charge in [-0.3, -0.25) is 9.59 Å². The summed E-state index contributed by atoms with van der Waals surface area (Å²) in [6, 6.07) is 0. The van der Waals surface area contributed by atoms with Crippen molar-refractivity contribution in [1.82, 2.24) is 4.90 Å². The van der Waals surface area contributed by atoms with Crippen LogP contribution in [0.2, 0.25) is 0 Å². The van der Waals surface area contributed by atoms with Crippen molar-refractivity contribution in [2.45, 2.75) is 37.4 Å². The molecule has 0 aromatic rings. The minimum Gasteiger partial charge on any atom is -0.316 e. The number of ketones is 1. The molecular formula is C13H17NO2S. The maximum atomic E-state index is 12.1. The van der Waals surface area contributed by atoms with Crippen molar-refractivity contribution in [2.75, 3.05) is 12.8 Å². The maximum Gasteiger partial charge on any atom is 0.226 e. The van der Waals surface area contributed by atoms with Crippen LogP contribution in [0.15, 0.2) is 11.3 Å². The van der Waals surface area contributed by atoms with Crippen LogP contribution in [-0.2, 0) is 9.59 Å². The molecule has 2 unspecified atom stereocenters. The summed E-state index contributed by atoms with van der Waals surface area (Å²) in [6.07, 6.45) is 6.17. The monoisotopic (exact) mass is 251 g/mol. The second kappa shape index (κ2) is 4.16. The molecule has 3 rings (SSSR count). The van der Waals surface area contributed by atoms with Gasteiger partial charge in [0, 0.05) is 31.0 Å². The molecule has 0 bridgehead atoms. The smallest absolute Gasteiger partial charge is 0.226 e. The molecule has 2 heterocycles. The van der Waals surface area contributed by atoms with Crippen LogP contribution < -0.4 is 0 Å². The molecule has 3 aliphatic rings. The maximum absolute atomic E-state index is 12.1. The Morgan fingerprint density at radius 2 is 2.12 bits per heavy atom. The van der Waals surface area contributed by atoms with Crippen LogP contribution in [0.1, 0.15) is 32.1 Å². The Kier molecular flexibility index (Phi) is 2.77. The normalized spacial score (nSPS) is 32.9. The van der Waals surface area contributed by atoms with Crippen molar-refractivity contribution in [1.29, 1.82) is 0 Å². The quantitative estimate of drug-likeness (QED) is 0.715. The van der Waals surface area contributed by atoms with E-state index in [-0.39, 0.29) is 11.2 Å². The number of amides is 1. The number of piperidine rings is 1. The Labute approximate surface area is 106 Å². The van der Waals surface area contributed by atoms with Gasteiger partial charge in [0.25, 0.3) is 0 Å². The van der Waals surface area contributed by atoms with Gasteiger partial charge in [-0.05, 0) is 31.1 Å². The first kappa shape index (κ1) is 11.3. The third-order valence-electron chi connectivity index (χ3n) is 4.13. The van der Waals surface area contributed by atoms with Gasteiger partial charge in [0.1, 0.15) is 0 Å². The molecular weight excluding hydrogens is 234 g/mol. The number of thioether (sulfide) groups is 1. The molecule has 0 radical (unpaired) electrons. The van der Waals surface area contributed by atoms with E-state index >= 15 is 0 Å². The van der Waals surface area contributed by atoms with Crippen LogP contribution in [0, 0.1) is 5.92 Å². The number of rotatable bonds is 1. The Morgan fingerprint density at radius 3 is 2.88 bits per heavy atom. The highest BCUT2D eigenvalue weighted by molar-refractivity contribution is 8.00. The van der Waals surface area contributed by atoms with Crippen molar-refractivity contribution in [3.63, 3.8) is 0 Å². The van der Waals surface area contributed by atoms with Gasteiger partial charge in [0.15, 0.2) is 5.78 Å². The first-order valence-corrected chi connectivity index (χ1v) is 7.60. The Hall–Kier alpha value is -0.770. The van der Waals surface area contributed by atoms with Gasteiger partial charge in [-0.25, -0.2) is 0 Å². The molecule has 1 saturated heterocycles. The SMILES string of the molecule is CSC1C(=O)CC2CCC(=O)N3CCCC1=C23. The second-order valence-corrected chi connectivity index (χ2v) is 6.02. The van der Waals surface area contributed by atoms with E-state index in [1.165, 1.54) is 11.3 Å². The Balaban J connectivity index is 2.08. The fourth-order valence-corrected chi connectivity index (χ4v) is 4.32. The minimum atomic E-state index is 0.0231. The van der Waals surface area contributed by atoms with E-state index in [1.807, 2.05) is 11.2 Å². The summed E-state index contributed by atoms with van der Waals surface area (Å²) in [4.78, 5) is 26.0. The number of nitrogens with zero attached hydrogens (tertiary/aromatic N) is 1. The summed E-state index contributed by atoms with van der Waals surface area (Å²) in [5, 5.41) is 0.0231. The van der Waals surface area contributed by atoms with Gasteiger partial charge in [0.05, 0.1) is 5.25 Å². The molecule has 0 N–H and O–H groups in total. The zero-order valence-electron chi connectivity index (χ0n) is 10.1. The Bertz CT molecular complexity index is 416. The molecule has 17 heavy (non-hydrogen) atoms. The molecule has 2 atom stereocenters. The van der Waals surface area contributed by atoms with Gasteiger partial charge in [-0.15, -0.1) is 11.8 Å². The van der Waals surface area contributed by atoms with E-state index in [9.17, 15) is 9.59 Å². The van der Waals surface area contributed by atoms with Crippen LogP contribution >= 0.6 is 11.8 Å². The van der Waals surface area contributed by atoms with Gasteiger partial charge >= 0.3 is 0 Å². The minimum absolute atomic E-state index is 0.0231. The molecule has 0 spiro atoms. The molecule has 4 heteroatoms. The van der Waals surface area contributed by atoms with Crippen LogP contribution in [0.5, 0.6) is 0 Å². The predicted molar refractivity (Wildman–Crippen MR) is 67.6 cm³/mol. The summed E-state index contributed by atoms with van der Waals surface area (Å²) < 4.78 is 0. The zero-order chi connectivity index (χ0) is 12.0. The number of hydrogen-bond donors (Lipinski definition) is 0. The lowest BCUT2D eigenvalue weighted by Crippen LogP contribution is -2.47. The predicted octanol–water partition coefficient (Wildman–Crippen LogP) is 1.98. The van der Waals surface area contributed by atoms with Gasteiger partial charge in [-0.1, -0.05) is 0 Å². The first-order chi connectivity index (χ1) is 8.22. The summed E-state index contributed by atoms with van der Waals surface area (Å²) in [6.45, 7) is 0.865. The number of Topliss-reactive ketones (excluding diaryl/α,β-unsaturated/α-hetero) is 1. The molecule has 0 saturated carbocycles. The highest BCUT2D eigenvalue weighted by Gasteiger charge is 2.42. The lowest BCUT2D eigenvalue weighted by molar-refractivity contribution is -0.134. The second-order valence-electron chi connectivity index (χ2n) is 5.08. The molecule has 1 aliphatic carbocycles. The molecule has 2 aliphatic heterocycles. The van der Waals surface area contributed by atoms with Crippen molar-refractivity contribution in [3.8, 4) is 0 Å². The van der Waals surface area contributed by atoms with Crippen molar-refractivity contribution in [3.05, 3.63) is 11.3 Å². The van der Waals surface area contributed by atoms with E-state index < -0.39 is 0 Å². The van der Waals surface area contributed by atoms with Crippen LogP contribution in [0.3, 0.4) is 0 Å². The lowest BCUT2D eigenvalue weighted by atomic mass is 9.77. The summed E-state index contributed by atoms with van der Waals surface area (Å²) in [7, 11) is 0. The average Bonchev–Trinajstić information content (AvgIpc) is 2.34. The van der Waals surface area contributed by atoms with E-state index in [0.29, 0.717) is 24.5 Å². The fourth-order valence-electron chi connectivity index (χ4n) is 3.44. The van der Waals surface area contributed by atoms with Gasteiger partial charge in [0.2, 0.25) is 5.91 Å². The zero-order valence-corrected chi connectivity index (χ0v) is 10.9. The largest absolute Gasteiger partial charge is 0.316 e. The van der Waals surface area contributed by atoms with Crippen molar-refractivity contribution in [2.24, 2.45) is 5.92 Å². The highest BCUT2D eigenvalue weighted by Crippen LogP contribution is 2.44. The first-order valence-electron chi connectivity index (χ1n) is 6.31. The highest BCUT2D eigenvalue weighted by atomic mass is 32.2. The van der Waals surface area contributed by atoms with Crippen LogP contribution in [0.4, 0.5) is 0 Å². The molecule has 0 aromatic heterocycles. The summed E-state index contributed by atoms with van der Waals surface area (Å²) in [5.74, 6) is 0.971. The molecule has 92 valence electrons. The van der Waals surface area contributed by atoms with E-state index in [0.717, 1.165) is 25.8 Å². The van der Waals surface area contributed by atoms with Crippen LogP contribution in [0.25, 0.3) is 0 Å². The van der Waals surface area contributed by atoms with Crippen molar-refractivity contribution >= 4 is 23.5 Å². The third kappa shape index (κ3) is 1.65. The Morgan fingerprint density at radius 1 is 1.29 bits per heavy atom. The van der Waals surface area contributed by atoms with E-state index in [4.69, 9.17) is 0 Å². The topological polar surface area (TPSA) is 37.4 Å². The molecule has 1 fully saturated rings. The number of hydrogen-bond acceptors (Lipinski definition) is 3. The summed E-state index contributed by atoms with van der Waals surface area (Å²) >= 11 is 1.63. The molecule has 3 nitrogen and oxygen atoms in total. The number of allylic oxidation sites excluding steroid dienone is 1. The van der Waals surface area contributed by atoms with Crippen molar-refractivity contribution < 1.29 is 9.59 Å². The molecule has 1 amide bonds. The summed E-state index contributed by atoms with van der Waals surface area (Å²) in [5.41, 5.74) is 2.49. The standard InChI is InChI=1S/C13H17NO2S/c1-17-13-9-3-2-6-14-11(16)5-4-8(12(9)14)7-10(13)15/h8,13H,2-7H2,1H3. The van der Waals surface area contributed by atoms with E-state index in [2.05, 4.69) is 0 Å².